The van der Waals surface area contributed by atoms with Gasteiger partial charge in [-0.1, -0.05) is 20.8 Å². The third-order valence-corrected chi connectivity index (χ3v) is 8.91. The van der Waals surface area contributed by atoms with Crippen molar-refractivity contribution in [2.24, 2.45) is 16.7 Å². The summed E-state index contributed by atoms with van der Waals surface area (Å²) in [5.41, 5.74) is 0.432. The number of carbonyl (C=O) groups excluding carboxylic acids is 1. The molecular weight excluding hydrogens is 314 g/mol. The lowest BCUT2D eigenvalue weighted by Crippen LogP contribution is -2.51. The molecule has 0 aromatic rings. The van der Waals surface area contributed by atoms with Crippen molar-refractivity contribution in [1.29, 1.82) is 0 Å². The van der Waals surface area contributed by atoms with Gasteiger partial charge >= 0.3 is 6.03 Å². The summed E-state index contributed by atoms with van der Waals surface area (Å²) >= 11 is 0. The molecule has 2 N–H and O–H groups in total. The highest BCUT2D eigenvalue weighted by molar-refractivity contribution is 7.89. The Morgan fingerprint density at radius 3 is 2.57 bits per heavy atom. The number of rotatable bonds is 4. The van der Waals surface area contributed by atoms with Crippen LogP contribution in [0, 0.1) is 16.7 Å². The highest BCUT2D eigenvalue weighted by atomic mass is 32.2. The molecule has 3 aliphatic rings. The molecule has 1 saturated heterocycles. The minimum absolute atomic E-state index is 0.160. The van der Waals surface area contributed by atoms with Gasteiger partial charge in [0.2, 0.25) is 10.0 Å². The Balaban J connectivity index is 1.48. The Labute approximate surface area is 139 Å². The van der Waals surface area contributed by atoms with Gasteiger partial charge in [-0.05, 0) is 42.4 Å². The SMILES string of the molecule is CC1(C)C2CCC1(C)C(NC(=O)NCCN1CCCS1(=O)=O)C2. The first kappa shape index (κ1) is 17.0. The van der Waals surface area contributed by atoms with E-state index in [0.717, 1.165) is 6.42 Å². The lowest BCUT2D eigenvalue weighted by Gasteiger charge is -2.39. The lowest BCUT2D eigenvalue weighted by atomic mass is 9.69. The van der Waals surface area contributed by atoms with Crippen LogP contribution in [0.15, 0.2) is 0 Å². The summed E-state index contributed by atoms with van der Waals surface area (Å²) in [7, 11) is -3.08. The van der Waals surface area contributed by atoms with Crippen molar-refractivity contribution in [1.82, 2.24) is 14.9 Å². The van der Waals surface area contributed by atoms with Crippen molar-refractivity contribution in [3.05, 3.63) is 0 Å². The Morgan fingerprint density at radius 1 is 1.30 bits per heavy atom. The summed E-state index contributed by atoms with van der Waals surface area (Å²) in [6.07, 6.45) is 4.17. The summed E-state index contributed by atoms with van der Waals surface area (Å²) in [6, 6.07) is 0.0444. The minimum atomic E-state index is -3.08. The summed E-state index contributed by atoms with van der Waals surface area (Å²) < 4.78 is 24.9. The number of urea groups is 1. The zero-order valence-electron chi connectivity index (χ0n) is 14.4. The monoisotopic (exact) mass is 343 g/mol. The molecule has 1 aliphatic heterocycles. The Kier molecular flexibility index (Phi) is 4.16. The maximum atomic E-state index is 12.2. The van der Waals surface area contributed by atoms with Crippen LogP contribution in [0.1, 0.15) is 46.5 Å². The van der Waals surface area contributed by atoms with Crippen molar-refractivity contribution >= 4 is 16.1 Å². The Morgan fingerprint density at radius 2 is 2.04 bits per heavy atom. The number of sulfonamides is 1. The fourth-order valence-corrected chi connectivity index (χ4v) is 6.40. The van der Waals surface area contributed by atoms with E-state index in [1.165, 1.54) is 17.1 Å². The molecule has 2 amide bonds. The number of hydrogen-bond acceptors (Lipinski definition) is 3. The van der Waals surface area contributed by atoms with E-state index in [-0.39, 0.29) is 28.7 Å². The molecule has 3 fully saturated rings. The van der Waals surface area contributed by atoms with Crippen molar-refractivity contribution in [2.45, 2.75) is 52.5 Å². The van der Waals surface area contributed by atoms with Crippen molar-refractivity contribution in [2.75, 3.05) is 25.4 Å². The molecule has 3 unspecified atom stereocenters. The molecule has 7 heteroatoms. The lowest BCUT2D eigenvalue weighted by molar-refractivity contribution is 0.123. The molecule has 2 aliphatic carbocycles. The van der Waals surface area contributed by atoms with Crippen LogP contribution in [0.4, 0.5) is 4.79 Å². The third kappa shape index (κ3) is 2.76. The van der Waals surface area contributed by atoms with Crippen LogP contribution in [0.2, 0.25) is 0 Å². The maximum Gasteiger partial charge on any atom is 0.315 e. The smallest absolute Gasteiger partial charge is 0.315 e. The standard InChI is InChI=1S/C16H29N3O3S/c1-15(2)12-5-6-16(15,3)13(11-12)18-14(20)17-7-9-19-8-4-10-23(19,21)22/h12-13H,4-11H2,1-3H3,(H2,17,18,20). The fourth-order valence-electron chi connectivity index (χ4n) is 4.87. The number of hydrogen-bond donors (Lipinski definition) is 2. The van der Waals surface area contributed by atoms with E-state index < -0.39 is 10.0 Å². The number of amides is 2. The van der Waals surface area contributed by atoms with Gasteiger partial charge in [-0.25, -0.2) is 17.5 Å². The van der Waals surface area contributed by atoms with E-state index >= 15 is 0 Å². The largest absolute Gasteiger partial charge is 0.337 e. The molecule has 132 valence electrons. The zero-order chi connectivity index (χ0) is 16.9. The topological polar surface area (TPSA) is 78.5 Å². The van der Waals surface area contributed by atoms with E-state index in [1.54, 1.807) is 0 Å². The van der Waals surface area contributed by atoms with Gasteiger partial charge in [-0.15, -0.1) is 0 Å². The van der Waals surface area contributed by atoms with Gasteiger partial charge in [0.1, 0.15) is 0 Å². The van der Waals surface area contributed by atoms with Gasteiger partial charge in [0.05, 0.1) is 5.75 Å². The minimum Gasteiger partial charge on any atom is -0.337 e. The van der Waals surface area contributed by atoms with E-state index in [0.29, 0.717) is 32.0 Å². The summed E-state index contributed by atoms with van der Waals surface area (Å²) in [6.45, 7) is 8.24. The molecule has 3 atom stereocenters. The van der Waals surface area contributed by atoms with Crippen LogP contribution in [0.3, 0.4) is 0 Å². The molecule has 3 rings (SSSR count). The zero-order valence-corrected chi connectivity index (χ0v) is 15.2. The number of nitrogens with one attached hydrogen (secondary N) is 2. The van der Waals surface area contributed by atoms with Crippen LogP contribution >= 0.6 is 0 Å². The normalized spacial score (nSPS) is 37.9. The van der Waals surface area contributed by atoms with E-state index in [4.69, 9.17) is 0 Å². The van der Waals surface area contributed by atoms with Crippen LogP contribution in [0.5, 0.6) is 0 Å². The second-order valence-electron chi connectivity index (χ2n) is 8.13. The van der Waals surface area contributed by atoms with E-state index in [1.807, 2.05) is 0 Å². The van der Waals surface area contributed by atoms with Gasteiger partial charge in [0, 0.05) is 25.7 Å². The Hall–Kier alpha value is -0.820. The van der Waals surface area contributed by atoms with Crippen LogP contribution in [-0.4, -0.2) is 50.2 Å². The first-order chi connectivity index (χ1) is 10.7. The first-order valence-electron chi connectivity index (χ1n) is 8.69. The van der Waals surface area contributed by atoms with Gasteiger partial charge in [-0.2, -0.15) is 0 Å². The average molecular weight is 343 g/mol. The average Bonchev–Trinajstić information content (AvgIpc) is 2.96. The Bertz CT molecular complexity index is 589. The molecule has 2 saturated carbocycles. The molecule has 6 nitrogen and oxygen atoms in total. The number of carbonyl (C=O) groups is 1. The van der Waals surface area contributed by atoms with Gasteiger partial charge < -0.3 is 10.6 Å². The van der Waals surface area contributed by atoms with Crippen LogP contribution in [-0.2, 0) is 10.0 Å². The molecular formula is C16H29N3O3S. The highest BCUT2D eigenvalue weighted by Crippen LogP contribution is 2.65. The van der Waals surface area contributed by atoms with Crippen LogP contribution < -0.4 is 10.6 Å². The predicted molar refractivity (Wildman–Crippen MR) is 89.5 cm³/mol. The van der Waals surface area contributed by atoms with Gasteiger partial charge in [0.25, 0.3) is 0 Å². The predicted octanol–water partition coefficient (Wildman–Crippen LogP) is 1.54. The van der Waals surface area contributed by atoms with Gasteiger partial charge in [-0.3, -0.25) is 0 Å². The maximum absolute atomic E-state index is 12.2. The molecule has 0 aromatic carbocycles. The quantitative estimate of drug-likeness (QED) is 0.813. The van der Waals surface area contributed by atoms with E-state index in [2.05, 4.69) is 31.4 Å². The van der Waals surface area contributed by atoms with E-state index in [9.17, 15) is 13.2 Å². The van der Waals surface area contributed by atoms with Crippen LogP contribution in [0.25, 0.3) is 0 Å². The molecule has 1 heterocycles. The fraction of sp³-hybridized carbons (Fsp3) is 0.938. The second-order valence-corrected chi connectivity index (χ2v) is 10.2. The van der Waals surface area contributed by atoms with Crippen molar-refractivity contribution < 1.29 is 13.2 Å². The number of fused-ring (bicyclic) bond motifs is 2. The van der Waals surface area contributed by atoms with Crippen molar-refractivity contribution in [3.63, 3.8) is 0 Å². The summed E-state index contributed by atoms with van der Waals surface area (Å²) in [4.78, 5) is 12.2. The second kappa shape index (κ2) is 5.62. The third-order valence-electron chi connectivity index (χ3n) is 6.95. The highest BCUT2D eigenvalue weighted by Gasteiger charge is 2.61. The molecule has 0 aromatic heterocycles. The summed E-state index contributed by atoms with van der Waals surface area (Å²) in [5, 5.41) is 5.96. The molecule has 23 heavy (non-hydrogen) atoms. The summed E-state index contributed by atoms with van der Waals surface area (Å²) in [5.74, 6) is 0.920. The molecule has 2 bridgehead atoms. The van der Waals surface area contributed by atoms with Crippen molar-refractivity contribution in [3.8, 4) is 0 Å². The first-order valence-corrected chi connectivity index (χ1v) is 10.3. The molecule has 0 radical (unpaired) electrons. The molecule has 0 spiro atoms. The van der Waals surface area contributed by atoms with Gasteiger partial charge in [0.15, 0.2) is 0 Å². The number of nitrogens with zero attached hydrogens (tertiary/aromatic N) is 1.